The van der Waals surface area contributed by atoms with Gasteiger partial charge in [0.1, 0.15) is 18.6 Å². The molecule has 1 aromatic carbocycles. The van der Waals surface area contributed by atoms with Crippen LogP contribution in [0.2, 0.25) is 10.0 Å². The molecular formula is C20H20Cl3N5O3. The maximum absolute atomic E-state index is 12.6. The van der Waals surface area contributed by atoms with E-state index >= 15 is 0 Å². The van der Waals surface area contributed by atoms with Crippen LogP contribution in [0.3, 0.4) is 0 Å². The second kappa shape index (κ2) is 8.90. The average Bonchev–Trinajstić information content (AvgIpc) is 3.30. The number of hydrogen-bond donors (Lipinski definition) is 0. The molecule has 0 bridgehead atoms. The van der Waals surface area contributed by atoms with Crippen molar-refractivity contribution in [2.75, 3.05) is 0 Å². The first kappa shape index (κ1) is 23.1. The topological polar surface area (TPSA) is 88.2 Å². The van der Waals surface area contributed by atoms with Crippen LogP contribution in [0.4, 0.5) is 5.82 Å². The number of nitrogens with zero attached hydrogens (tertiary/aromatic N) is 5. The zero-order valence-electron chi connectivity index (χ0n) is 16.8. The quantitative estimate of drug-likeness (QED) is 0.320. The summed E-state index contributed by atoms with van der Waals surface area (Å²) in [5.74, 6) is 0.594. The molecule has 164 valence electrons. The van der Waals surface area contributed by atoms with Crippen LogP contribution in [0, 0.1) is 0 Å². The van der Waals surface area contributed by atoms with E-state index in [2.05, 4.69) is 9.56 Å². The number of benzene rings is 1. The Morgan fingerprint density at radius 3 is 2.61 bits per heavy atom. The highest BCUT2D eigenvalue weighted by Crippen LogP contribution is 2.30. The molecule has 3 heterocycles. The third-order valence-electron chi connectivity index (χ3n) is 5.26. The molecule has 4 rings (SSSR count). The van der Waals surface area contributed by atoms with E-state index < -0.39 is 17.1 Å². The lowest BCUT2D eigenvalue weighted by atomic mass is 10.1. The van der Waals surface area contributed by atoms with Crippen molar-refractivity contribution in [1.82, 2.24) is 13.7 Å². The van der Waals surface area contributed by atoms with Gasteiger partial charge in [-0.05, 0) is 24.6 Å². The summed E-state index contributed by atoms with van der Waals surface area (Å²) < 4.78 is 6.15. The maximum atomic E-state index is 12.6. The van der Waals surface area contributed by atoms with Crippen LogP contribution >= 0.6 is 35.6 Å². The fraction of sp³-hybridized carbons (Fsp3) is 0.300. The van der Waals surface area contributed by atoms with Gasteiger partial charge in [0.05, 0.1) is 23.0 Å². The van der Waals surface area contributed by atoms with Gasteiger partial charge in [-0.25, -0.2) is 18.9 Å². The molecule has 8 nitrogen and oxygen atoms in total. The Balaban J connectivity index is 0.00000272. The van der Waals surface area contributed by atoms with Crippen molar-refractivity contribution >= 4 is 47.3 Å². The zero-order valence-corrected chi connectivity index (χ0v) is 19.2. The highest BCUT2D eigenvalue weighted by atomic mass is 35.5. The summed E-state index contributed by atoms with van der Waals surface area (Å²) in [5.41, 5.74) is 0.803. The zero-order chi connectivity index (χ0) is 21.6. The molecule has 0 unspecified atom stereocenters. The molecule has 1 aliphatic heterocycles. The van der Waals surface area contributed by atoms with E-state index in [0.717, 1.165) is 41.0 Å². The van der Waals surface area contributed by atoms with Crippen molar-refractivity contribution in [3.63, 3.8) is 0 Å². The van der Waals surface area contributed by atoms with E-state index in [0.29, 0.717) is 10.0 Å². The van der Waals surface area contributed by atoms with Gasteiger partial charge >= 0.3 is 5.69 Å². The van der Waals surface area contributed by atoms with Crippen molar-refractivity contribution in [3.8, 4) is 11.3 Å². The van der Waals surface area contributed by atoms with Crippen molar-refractivity contribution < 1.29 is 9.67 Å². The highest BCUT2D eigenvalue weighted by Gasteiger charge is 2.28. The Labute approximate surface area is 194 Å². The van der Waals surface area contributed by atoms with Gasteiger partial charge in [0, 0.05) is 31.6 Å². The summed E-state index contributed by atoms with van der Waals surface area (Å²) in [7, 11) is 2.85. The Kier molecular flexibility index (Phi) is 6.64. The summed E-state index contributed by atoms with van der Waals surface area (Å²) in [6.07, 6.45) is 3.70. The Morgan fingerprint density at radius 1 is 1.16 bits per heavy atom. The summed E-state index contributed by atoms with van der Waals surface area (Å²) >= 11 is 12.2. The molecule has 0 atom stereocenters. The van der Waals surface area contributed by atoms with E-state index in [1.165, 1.54) is 24.7 Å². The molecule has 0 aliphatic carbocycles. The molecule has 0 N–H and O–H groups in total. The maximum Gasteiger partial charge on any atom is 0.332 e. The van der Waals surface area contributed by atoms with E-state index in [-0.39, 0.29) is 24.8 Å². The third-order valence-corrected chi connectivity index (χ3v) is 5.99. The van der Waals surface area contributed by atoms with Gasteiger partial charge in [-0.1, -0.05) is 23.2 Å². The van der Waals surface area contributed by atoms with Crippen molar-refractivity contribution in [2.45, 2.75) is 25.9 Å². The van der Waals surface area contributed by atoms with Gasteiger partial charge in [0.25, 0.3) is 11.4 Å². The molecule has 1 aliphatic rings. The molecule has 31 heavy (non-hydrogen) atoms. The van der Waals surface area contributed by atoms with E-state index in [1.807, 2.05) is 16.8 Å². The van der Waals surface area contributed by atoms with Crippen molar-refractivity contribution in [2.24, 2.45) is 19.1 Å². The van der Waals surface area contributed by atoms with Crippen molar-refractivity contribution in [1.29, 1.82) is 0 Å². The lowest BCUT2D eigenvalue weighted by Crippen LogP contribution is -2.44. The van der Waals surface area contributed by atoms with Crippen LogP contribution in [-0.4, -0.2) is 19.6 Å². The van der Waals surface area contributed by atoms with Crippen LogP contribution < -0.4 is 20.9 Å². The van der Waals surface area contributed by atoms with Crippen LogP contribution in [0.1, 0.15) is 12.2 Å². The minimum Gasteiger partial charge on any atom is -0.859 e. The normalized spacial score (nSPS) is 13.2. The van der Waals surface area contributed by atoms with Gasteiger partial charge in [0.15, 0.2) is 5.69 Å². The minimum atomic E-state index is -0.534. The molecule has 0 radical (unpaired) electrons. The van der Waals surface area contributed by atoms with Gasteiger partial charge in [0.2, 0.25) is 0 Å². The highest BCUT2D eigenvalue weighted by molar-refractivity contribution is 6.42. The molecule has 11 heteroatoms. The predicted molar refractivity (Wildman–Crippen MR) is 120 cm³/mol. The number of halogens is 3. The fourth-order valence-electron chi connectivity index (χ4n) is 3.67. The van der Waals surface area contributed by atoms with Crippen LogP contribution in [0.5, 0.6) is 0 Å². The third kappa shape index (κ3) is 4.28. The molecule has 2 aromatic heterocycles. The van der Waals surface area contributed by atoms with E-state index in [9.17, 15) is 14.7 Å². The van der Waals surface area contributed by atoms with Crippen molar-refractivity contribution in [3.05, 3.63) is 67.2 Å². The summed E-state index contributed by atoms with van der Waals surface area (Å²) in [6, 6.07) is 6.61. The number of hydrogen-bond acceptors (Lipinski definition) is 4. The second-order valence-electron chi connectivity index (χ2n) is 7.19. The fourth-order valence-corrected chi connectivity index (χ4v) is 3.97. The molecule has 0 fully saturated rings. The molecular weight excluding hydrogens is 465 g/mol. The van der Waals surface area contributed by atoms with E-state index in [4.69, 9.17) is 23.2 Å². The molecule has 3 aromatic rings. The first-order chi connectivity index (χ1) is 14.3. The van der Waals surface area contributed by atoms with Gasteiger partial charge in [-0.2, -0.15) is 0 Å². The minimum absolute atomic E-state index is 0. The standard InChI is InChI=1S/C20H19Cl2N5O3.ClH/c1-24-16(9-19(29)25(2)20(24)30)23-17(28)11-26-10-15(27-7-3-4-18(26)27)12-5-6-13(21)14(22)8-12;/h5-6,8-10H,3-4,7,11H2,1-2H3;1H. The monoisotopic (exact) mass is 483 g/mol. The van der Waals surface area contributed by atoms with Crippen LogP contribution in [0.25, 0.3) is 11.3 Å². The van der Waals surface area contributed by atoms with Crippen LogP contribution in [0.15, 0.2) is 45.0 Å². The molecule has 0 saturated carbocycles. The average molecular weight is 485 g/mol. The first-order valence-corrected chi connectivity index (χ1v) is 10.1. The molecule has 0 spiro atoms. The number of aromatic nitrogens is 4. The largest absolute Gasteiger partial charge is 0.859 e. The van der Waals surface area contributed by atoms with Gasteiger partial charge in [-0.15, -0.1) is 12.4 Å². The first-order valence-electron chi connectivity index (χ1n) is 9.35. The van der Waals surface area contributed by atoms with Gasteiger partial charge < -0.3 is 5.11 Å². The predicted octanol–water partition coefficient (Wildman–Crippen LogP) is 1.61. The Bertz CT molecular complexity index is 1310. The second-order valence-corrected chi connectivity index (χ2v) is 8.00. The molecule has 0 amide bonds. The summed E-state index contributed by atoms with van der Waals surface area (Å²) in [4.78, 5) is 27.9. The Hall–Kier alpha value is -2.55. The lowest BCUT2D eigenvalue weighted by molar-refractivity contribution is -0.693. The Morgan fingerprint density at radius 2 is 1.90 bits per heavy atom. The summed E-state index contributed by atoms with van der Waals surface area (Å²) in [6.45, 7) is 0.840. The molecule has 0 saturated heterocycles. The lowest BCUT2D eigenvalue weighted by Gasteiger charge is -2.11. The van der Waals surface area contributed by atoms with Gasteiger partial charge in [-0.3, -0.25) is 13.9 Å². The summed E-state index contributed by atoms with van der Waals surface area (Å²) in [5, 5.41) is 13.6. The number of rotatable bonds is 4. The SMILES string of the molecule is Cl.Cn1c(N=C([O-])C[n+]2cc(-c3ccc(Cl)c(Cl)c3)n3c2CCC3)cc(=O)n(C)c1=O. The van der Waals surface area contributed by atoms with E-state index in [1.54, 1.807) is 12.1 Å². The number of fused-ring (bicyclic) bond motifs is 1. The number of imidazole rings is 1. The number of aliphatic imine (C=N–C) groups is 1. The van der Waals surface area contributed by atoms with Crippen LogP contribution in [-0.2, 0) is 33.6 Å². The smallest absolute Gasteiger partial charge is 0.332 e.